The first kappa shape index (κ1) is 21.9. The Morgan fingerprint density at radius 2 is 1.50 bits per heavy atom. The van der Waals surface area contributed by atoms with Crippen molar-refractivity contribution in [2.75, 3.05) is 13.2 Å². The van der Waals surface area contributed by atoms with E-state index >= 15 is 0 Å². The summed E-state index contributed by atoms with van der Waals surface area (Å²) >= 11 is 0. The van der Waals surface area contributed by atoms with Crippen LogP contribution >= 0.6 is 0 Å². The Labute approximate surface area is 166 Å². The number of nitrogens with one attached hydrogen (secondary N) is 2. The monoisotopic (exact) mass is 436 g/mol. The molecule has 3 rings (SSSR count). The summed E-state index contributed by atoms with van der Waals surface area (Å²) in [6, 6.07) is 5.76. The highest BCUT2D eigenvalue weighted by Gasteiger charge is 2.40. The first-order valence-electron chi connectivity index (χ1n) is 8.57. The van der Waals surface area contributed by atoms with E-state index in [0.717, 1.165) is 12.1 Å². The molecule has 1 aliphatic heterocycles. The molecule has 1 aliphatic rings. The number of ether oxygens (including phenoxy) is 1. The number of benzene rings is 2. The third kappa shape index (κ3) is 4.84. The van der Waals surface area contributed by atoms with Gasteiger partial charge < -0.3 is 15.4 Å². The van der Waals surface area contributed by atoms with Crippen LogP contribution in [0.2, 0.25) is 0 Å². The van der Waals surface area contributed by atoms with Gasteiger partial charge in [-0.3, -0.25) is 0 Å². The van der Waals surface area contributed by atoms with E-state index in [1.165, 1.54) is 12.1 Å². The average molecular weight is 436 g/mol. The van der Waals surface area contributed by atoms with Gasteiger partial charge in [-0.25, -0.2) is 9.18 Å². The molecule has 0 saturated carbocycles. The minimum atomic E-state index is -4.96. The van der Waals surface area contributed by atoms with E-state index < -0.39 is 47.5 Å². The van der Waals surface area contributed by atoms with Gasteiger partial charge in [0.15, 0.2) is 0 Å². The smallest absolute Gasteiger partial charge is 0.374 e. The van der Waals surface area contributed by atoms with Crippen molar-refractivity contribution in [1.82, 2.24) is 10.6 Å². The van der Waals surface area contributed by atoms with Gasteiger partial charge in [-0.1, -0.05) is 12.1 Å². The Morgan fingerprint density at radius 1 is 0.933 bits per heavy atom. The quantitative estimate of drug-likeness (QED) is 0.674. The van der Waals surface area contributed by atoms with Gasteiger partial charge in [-0.2, -0.15) is 26.3 Å². The van der Waals surface area contributed by atoms with Crippen molar-refractivity contribution in [3.05, 3.63) is 70.5 Å². The van der Waals surface area contributed by atoms with Crippen molar-refractivity contribution in [3.8, 4) is 0 Å². The van der Waals surface area contributed by atoms with Crippen molar-refractivity contribution in [1.29, 1.82) is 0 Å². The van der Waals surface area contributed by atoms with Gasteiger partial charge in [0, 0.05) is 6.54 Å². The predicted molar refractivity (Wildman–Crippen MR) is 90.7 cm³/mol. The molecule has 2 aromatic carbocycles. The van der Waals surface area contributed by atoms with Crippen LogP contribution in [0.15, 0.2) is 42.5 Å². The largest absolute Gasteiger partial charge is 0.416 e. The summed E-state index contributed by atoms with van der Waals surface area (Å²) in [6.45, 7) is -0.797. The van der Waals surface area contributed by atoms with Crippen LogP contribution < -0.4 is 10.6 Å². The van der Waals surface area contributed by atoms with Gasteiger partial charge in [-0.15, -0.1) is 0 Å². The highest BCUT2D eigenvalue weighted by molar-refractivity contribution is 5.78. The molecule has 1 heterocycles. The highest BCUT2D eigenvalue weighted by Crippen LogP contribution is 2.36. The zero-order valence-corrected chi connectivity index (χ0v) is 15.1. The standard InChI is InChI=1S/C19H15F7N2O2/c20-15-3-1-12(2-4-15)17(9-27-16(29)28-17)10-30-8-11-5-13(18(21,22)23)7-14(6-11)19(24,25)26/h1-7H,8-10H2,(H2,27,28,29)/t17-/m1/s1. The molecule has 2 N–H and O–H groups in total. The van der Waals surface area contributed by atoms with Crippen LogP contribution in [0, 0.1) is 5.82 Å². The lowest BCUT2D eigenvalue weighted by atomic mass is 9.91. The molecule has 1 atom stereocenters. The molecule has 2 amide bonds. The van der Waals surface area contributed by atoms with Crippen LogP contribution in [-0.2, 0) is 29.2 Å². The van der Waals surface area contributed by atoms with Gasteiger partial charge in [-0.05, 0) is 41.5 Å². The maximum atomic E-state index is 13.2. The second-order valence-electron chi connectivity index (χ2n) is 6.80. The Bertz CT molecular complexity index is 894. The fraction of sp³-hybridized carbons (Fsp3) is 0.316. The first-order valence-corrected chi connectivity index (χ1v) is 8.57. The highest BCUT2D eigenvalue weighted by atomic mass is 19.4. The molecule has 4 nitrogen and oxygen atoms in total. The number of rotatable bonds is 5. The molecular formula is C19H15F7N2O2. The summed E-state index contributed by atoms with van der Waals surface area (Å²) < 4.78 is 96.4. The van der Waals surface area contributed by atoms with Gasteiger partial charge in [0.05, 0.1) is 24.3 Å². The summed E-state index contributed by atoms with van der Waals surface area (Å²) in [7, 11) is 0. The Kier molecular flexibility index (Phi) is 5.68. The van der Waals surface area contributed by atoms with Crippen molar-refractivity contribution in [3.63, 3.8) is 0 Å². The zero-order chi connectivity index (χ0) is 22.2. The summed E-state index contributed by atoms with van der Waals surface area (Å²) in [5, 5.41) is 5.11. The number of carbonyl (C=O) groups is 1. The van der Waals surface area contributed by atoms with E-state index in [1.807, 2.05) is 0 Å². The van der Waals surface area contributed by atoms with Crippen LogP contribution in [0.1, 0.15) is 22.3 Å². The fourth-order valence-corrected chi connectivity index (χ4v) is 3.10. The second-order valence-corrected chi connectivity index (χ2v) is 6.80. The average Bonchev–Trinajstić information content (AvgIpc) is 3.02. The number of hydrogen-bond donors (Lipinski definition) is 2. The summed E-state index contributed by atoms with van der Waals surface area (Å²) in [6.07, 6.45) is -9.93. The van der Waals surface area contributed by atoms with Crippen LogP contribution in [0.4, 0.5) is 35.5 Å². The summed E-state index contributed by atoms with van der Waals surface area (Å²) in [4.78, 5) is 11.6. The van der Waals surface area contributed by atoms with Crippen molar-refractivity contribution in [2.24, 2.45) is 0 Å². The minimum Gasteiger partial charge on any atom is -0.374 e. The molecule has 0 bridgehead atoms. The fourth-order valence-electron chi connectivity index (χ4n) is 3.10. The molecule has 0 unspecified atom stereocenters. The topological polar surface area (TPSA) is 50.4 Å². The first-order chi connectivity index (χ1) is 13.9. The number of hydrogen-bond acceptors (Lipinski definition) is 2. The van der Waals surface area contributed by atoms with Gasteiger partial charge in [0.1, 0.15) is 11.4 Å². The molecule has 2 aromatic rings. The van der Waals surface area contributed by atoms with Crippen LogP contribution in [0.25, 0.3) is 0 Å². The Balaban J connectivity index is 1.81. The molecule has 0 aliphatic carbocycles. The SMILES string of the molecule is O=C1NC[C@@](COCc2cc(C(F)(F)F)cc(C(F)(F)F)c2)(c2ccc(F)cc2)N1. The lowest BCUT2D eigenvalue weighted by Crippen LogP contribution is -2.44. The predicted octanol–water partition coefficient (Wildman–Crippen LogP) is 4.59. The van der Waals surface area contributed by atoms with Crippen molar-refractivity contribution < 1.29 is 40.3 Å². The third-order valence-corrected chi connectivity index (χ3v) is 4.56. The van der Waals surface area contributed by atoms with E-state index in [9.17, 15) is 35.5 Å². The van der Waals surface area contributed by atoms with Crippen LogP contribution in [0.3, 0.4) is 0 Å². The minimum absolute atomic E-state index is 0.0324. The van der Waals surface area contributed by atoms with Crippen molar-refractivity contribution in [2.45, 2.75) is 24.5 Å². The lowest BCUT2D eigenvalue weighted by molar-refractivity contribution is -0.143. The van der Waals surface area contributed by atoms with E-state index in [2.05, 4.69) is 10.6 Å². The maximum Gasteiger partial charge on any atom is 0.416 e. The van der Waals surface area contributed by atoms with Gasteiger partial charge >= 0.3 is 18.4 Å². The lowest BCUT2D eigenvalue weighted by Gasteiger charge is -2.28. The van der Waals surface area contributed by atoms with E-state index in [-0.39, 0.29) is 24.8 Å². The molecule has 1 saturated heterocycles. The molecule has 30 heavy (non-hydrogen) atoms. The van der Waals surface area contributed by atoms with Crippen molar-refractivity contribution >= 4 is 6.03 Å². The molecule has 1 fully saturated rings. The number of amides is 2. The zero-order valence-electron chi connectivity index (χ0n) is 15.1. The third-order valence-electron chi connectivity index (χ3n) is 4.56. The van der Waals surface area contributed by atoms with E-state index in [0.29, 0.717) is 17.7 Å². The number of carbonyl (C=O) groups excluding carboxylic acids is 1. The molecule has 0 aromatic heterocycles. The maximum absolute atomic E-state index is 13.2. The second kappa shape index (κ2) is 7.78. The van der Waals surface area contributed by atoms with Gasteiger partial charge in [0.25, 0.3) is 0 Å². The van der Waals surface area contributed by atoms with E-state index in [4.69, 9.17) is 4.74 Å². The van der Waals surface area contributed by atoms with Crippen LogP contribution in [0.5, 0.6) is 0 Å². The molecule has 0 radical (unpaired) electrons. The normalized spacial score (nSPS) is 19.5. The summed E-state index contributed by atoms with van der Waals surface area (Å²) in [5.74, 6) is -0.518. The molecular weight excluding hydrogens is 421 g/mol. The Morgan fingerprint density at radius 3 is 1.97 bits per heavy atom. The number of alkyl halides is 6. The van der Waals surface area contributed by atoms with E-state index in [1.54, 1.807) is 0 Å². The summed E-state index contributed by atoms with van der Waals surface area (Å²) in [5.41, 5.74) is -3.91. The number of halogens is 7. The molecule has 11 heteroatoms. The molecule has 162 valence electrons. The number of urea groups is 1. The van der Waals surface area contributed by atoms with Crippen LogP contribution in [-0.4, -0.2) is 19.2 Å². The Hall–Kier alpha value is -2.82. The van der Waals surface area contributed by atoms with Gasteiger partial charge in [0.2, 0.25) is 0 Å². The molecule has 0 spiro atoms.